The maximum absolute atomic E-state index is 11.9. The molecule has 0 amide bonds. The third-order valence-corrected chi connectivity index (χ3v) is 5.47. The van der Waals surface area contributed by atoms with E-state index in [-0.39, 0.29) is 49.0 Å². The highest BCUT2D eigenvalue weighted by Gasteiger charge is 2.53. The molecule has 1 N–H and O–H groups in total. The second-order valence-corrected chi connectivity index (χ2v) is 7.35. The van der Waals surface area contributed by atoms with Crippen molar-refractivity contribution in [2.24, 2.45) is 23.2 Å². The van der Waals surface area contributed by atoms with Crippen molar-refractivity contribution in [3.63, 3.8) is 0 Å². The summed E-state index contributed by atoms with van der Waals surface area (Å²) >= 11 is 0. The Kier molecular flexibility index (Phi) is 4.73. The Hall–Kier alpha value is -2.08. The van der Waals surface area contributed by atoms with E-state index in [2.05, 4.69) is 6.58 Å². The number of aliphatic hydroxyl groups is 1. The third kappa shape index (κ3) is 3.11. The van der Waals surface area contributed by atoms with Crippen LogP contribution in [0.15, 0.2) is 36.3 Å². The molecule has 2 aliphatic heterocycles. The minimum Gasteiger partial charge on any atom is -0.473 e. The summed E-state index contributed by atoms with van der Waals surface area (Å²) in [5, 5.41) is 10.1. The minimum absolute atomic E-state index is 0.0899. The van der Waals surface area contributed by atoms with Gasteiger partial charge in [-0.15, -0.1) is 0 Å². The molecule has 1 aliphatic carbocycles. The first-order chi connectivity index (χ1) is 11.9. The van der Waals surface area contributed by atoms with Crippen LogP contribution in [0.5, 0.6) is 0 Å². The molecular weight excluding hydrogens is 324 g/mol. The smallest absolute Gasteiger partial charge is 0.334 e. The quantitative estimate of drug-likeness (QED) is 0.619. The summed E-state index contributed by atoms with van der Waals surface area (Å²) in [6.45, 7) is 7.40. The normalized spacial score (nSPS) is 33.8. The monoisotopic (exact) mass is 348 g/mol. The molecule has 0 bridgehead atoms. The Labute approximate surface area is 147 Å². The minimum atomic E-state index is -0.612. The summed E-state index contributed by atoms with van der Waals surface area (Å²) in [6.07, 6.45) is 5.73. The lowest BCUT2D eigenvalue weighted by Crippen LogP contribution is -2.45. The van der Waals surface area contributed by atoms with Crippen LogP contribution in [-0.2, 0) is 23.8 Å². The van der Waals surface area contributed by atoms with Crippen molar-refractivity contribution in [2.75, 3.05) is 13.2 Å². The fraction of sp³-hybridized carbons (Fsp3) is 0.579. The van der Waals surface area contributed by atoms with Gasteiger partial charge in [-0.1, -0.05) is 20.4 Å². The Balaban J connectivity index is 1.86. The fourth-order valence-corrected chi connectivity index (χ4v) is 3.93. The fourth-order valence-electron chi connectivity index (χ4n) is 3.93. The predicted octanol–water partition coefficient (Wildman–Crippen LogP) is 2.10. The van der Waals surface area contributed by atoms with E-state index >= 15 is 0 Å². The van der Waals surface area contributed by atoms with Crippen molar-refractivity contribution < 1.29 is 28.9 Å². The zero-order chi connectivity index (χ0) is 18.2. The first kappa shape index (κ1) is 17.7. The van der Waals surface area contributed by atoms with Crippen molar-refractivity contribution in [2.45, 2.75) is 32.8 Å². The van der Waals surface area contributed by atoms with Crippen LogP contribution >= 0.6 is 0 Å². The standard InChI is InChI=1S/C19H24O6/c1-11(2)17(21)24-9-13-8-23-5-4-19(10-20)7-16-14(6-15(13)19)12(3)18(22)25-16/h4-5,8,11,14-16,20H,3,6-7,9-10H2,1-2H3. The van der Waals surface area contributed by atoms with Crippen LogP contribution in [0, 0.1) is 23.2 Å². The average Bonchev–Trinajstić information content (AvgIpc) is 2.76. The Morgan fingerprint density at radius 2 is 2.28 bits per heavy atom. The number of ether oxygens (including phenoxy) is 3. The summed E-state index contributed by atoms with van der Waals surface area (Å²) in [6, 6.07) is 0. The molecule has 4 unspecified atom stereocenters. The highest BCUT2D eigenvalue weighted by Crippen LogP contribution is 2.53. The molecule has 3 rings (SSSR count). The summed E-state index contributed by atoms with van der Waals surface area (Å²) in [7, 11) is 0. The first-order valence-electron chi connectivity index (χ1n) is 8.57. The zero-order valence-electron chi connectivity index (χ0n) is 14.6. The van der Waals surface area contributed by atoms with Gasteiger partial charge in [0.25, 0.3) is 0 Å². The van der Waals surface area contributed by atoms with Gasteiger partial charge in [0.15, 0.2) is 0 Å². The van der Waals surface area contributed by atoms with E-state index in [1.54, 1.807) is 20.1 Å². The van der Waals surface area contributed by atoms with Gasteiger partial charge in [0.2, 0.25) is 0 Å². The predicted molar refractivity (Wildman–Crippen MR) is 88.9 cm³/mol. The van der Waals surface area contributed by atoms with E-state index < -0.39 is 5.41 Å². The van der Waals surface area contributed by atoms with Gasteiger partial charge in [-0.05, 0) is 24.8 Å². The largest absolute Gasteiger partial charge is 0.473 e. The van der Waals surface area contributed by atoms with Crippen LogP contribution in [0.2, 0.25) is 0 Å². The lowest BCUT2D eigenvalue weighted by molar-refractivity contribution is -0.147. The zero-order valence-corrected chi connectivity index (χ0v) is 14.6. The number of hydrogen-bond acceptors (Lipinski definition) is 6. The number of fused-ring (bicyclic) bond motifs is 2. The second-order valence-electron chi connectivity index (χ2n) is 7.35. The number of hydrogen-bond donors (Lipinski definition) is 1. The molecule has 3 aliphatic rings. The Morgan fingerprint density at radius 3 is 2.96 bits per heavy atom. The summed E-state index contributed by atoms with van der Waals surface area (Å²) < 4.78 is 16.2. The van der Waals surface area contributed by atoms with Gasteiger partial charge >= 0.3 is 11.9 Å². The topological polar surface area (TPSA) is 82.1 Å². The number of carbonyl (C=O) groups excluding carboxylic acids is 2. The van der Waals surface area contributed by atoms with Gasteiger partial charge in [0.05, 0.1) is 25.0 Å². The van der Waals surface area contributed by atoms with Crippen molar-refractivity contribution in [3.05, 3.63) is 36.3 Å². The molecular formula is C19H24O6. The number of aliphatic hydroxyl groups excluding tert-OH is 1. The van der Waals surface area contributed by atoms with Gasteiger partial charge in [-0.25, -0.2) is 4.79 Å². The van der Waals surface area contributed by atoms with E-state index in [0.29, 0.717) is 18.4 Å². The molecule has 2 fully saturated rings. The van der Waals surface area contributed by atoms with Crippen LogP contribution in [-0.4, -0.2) is 36.4 Å². The molecule has 25 heavy (non-hydrogen) atoms. The molecule has 0 aromatic carbocycles. The van der Waals surface area contributed by atoms with Gasteiger partial charge in [0.1, 0.15) is 12.7 Å². The molecule has 6 nitrogen and oxygen atoms in total. The Morgan fingerprint density at radius 1 is 1.52 bits per heavy atom. The molecule has 1 saturated heterocycles. The van der Waals surface area contributed by atoms with Gasteiger partial charge in [0, 0.05) is 22.5 Å². The lowest BCUT2D eigenvalue weighted by atomic mass is 9.60. The molecule has 0 aromatic rings. The summed E-state index contributed by atoms with van der Waals surface area (Å²) in [5.41, 5.74) is 0.654. The van der Waals surface area contributed by atoms with Crippen LogP contribution in [0.1, 0.15) is 26.7 Å². The van der Waals surface area contributed by atoms with Crippen LogP contribution in [0.25, 0.3) is 0 Å². The van der Waals surface area contributed by atoms with E-state index in [0.717, 1.165) is 5.57 Å². The van der Waals surface area contributed by atoms with Crippen molar-refractivity contribution in [3.8, 4) is 0 Å². The first-order valence-corrected chi connectivity index (χ1v) is 8.57. The van der Waals surface area contributed by atoms with E-state index in [4.69, 9.17) is 14.2 Å². The number of esters is 2. The maximum Gasteiger partial charge on any atom is 0.334 e. The SMILES string of the molecule is C=C1C(=O)OC2CC3(CO)C=COC=C(COC(=O)C(C)C)C3CC12. The molecule has 6 heteroatoms. The molecule has 0 radical (unpaired) electrons. The van der Waals surface area contributed by atoms with E-state index in [1.807, 2.05) is 6.08 Å². The van der Waals surface area contributed by atoms with Crippen LogP contribution in [0.4, 0.5) is 0 Å². The van der Waals surface area contributed by atoms with Gasteiger partial charge in [-0.3, -0.25) is 4.79 Å². The molecule has 0 spiro atoms. The average molecular weight is 348 g/mol. The number of rotatable bonds is 4. The van der Waals surface area contributed by atoms with Crippen molar-refractivity contribution >= 4 is 11.9 Å². The second kappa shape index (κ2) is 6.67. The summed E-state index contributed by atoms with van der Waals surface area (Å²) in [5.74, 6) is -1.08. The van der Waals surface area contributed by atoms with Gasteiger partial charge in [-0.2, -0.15) is 0 Å². The van der Waals surface area contributed by atoms with Crippen molar-refractivity contribution in [1.29, 1.82) is 0 Å². The molecule has 4 atom stereocenters. The molecule has 1 saturated carbocycles. The lowest BCUT2D eigenvalue weighted by Gasteiger charge is -2.45. The van der Waals surface area contributed by atoms with Gasteiger partial charge < -0.3 is 19.3 Å². The van der Waals surface area contributed by atoms with Crippen LogP contribution in [0.3, 0.4) is 0 Å². The molecule has 136 valence electrons. The highest BCUT2D eigenvalue weighted by molar-refractivity contribution is 5.90. The van der Waals surface area contributed by atoms with E-state index in [1.165, 1.54) is 6.26 Å². The molecule has 2 heterocycles. The molecule has 0 aromatic heterocycles. The summed E-state index contributed by atoms with van der Waals surface area (Å²) in [4.78, 5) is 23.7. The van der Waals surface area contributed by atoms with Crippen molar-refractivity contribution in [1.82, 2.24) is 0 Å². The number of carbonyl (C=O) groups is 2. The maximum atomic E-state index is 11.9. The van der Waals surface area contributed by atoms with Crippen LogP contribution < -0.4 is 0 Å². The highest BCUT2D eigenvalue weighted by atomic mass is 16.6. The van der Waals surface area contributed by atoms with E-state index in [9.17, 15) is 14.7 Å². The Bertz CT molecular complexity index is 646. The third-order valence-electron chi connectivity index (χ3n) is 5.47.